The number of nitrogens with zero attached hydrogens (tertiary/aromatic N) is 1. The molecule has 1 aromatic rings. The average Bonchev–Trinajstić information content (AvgIpc) is 2.25. The molecule has 0 N–H and O–H groups in total. The first-order valence-electron chi connectivity index (χ1n) is 4.87. The van der Waals surface area contributed by atoms with Crippen molar-refractivity contribution in [1.82, 2.24) is 4.90 Å². The molecule has 0 fully saturated rings. The van der Waals surface area contributed by atoms with E-state index in [0.717, 1.165) is 10.6 Å². The fraction of sp³-hybridized carbons (Fsp3) is 0.364. The molecule has 3 nitrogen and oxygen atoms in total. The van der Waals surface area contributed by atoms with Crippen LogP contribution in [0.2, 0.25) is 0 Å². The van der Waals surface area contributed by atoms with E-state index >= 15 is 0 Å². The van der Waals surface area contributed by atoms with Gasteiger partial charge >= 0.3 is 0 Å². The third-order valence-electron chi connectivity index (χ3n) is 2.01. The van der Waals surface area contributed by atoms with Crippen LogP contribution in [0.5, 0.6) is 0 Å². The van der Waals surface area contributed by atoms with E-state index in [1.165, 1.54) is 4.90 Å². The van der Waals surface area contributed by atoms with E-state index < -0.39 is 6.09 Å². The van der Waals surface area contributed by atoms with E-state index in [2.05, 4.69) is 0 Å². The van der Waals surface area contributed by atoms with Gasteiger partial charge in [0.25, 0.3) is 0 Å². The largest absolute Gasteiger partial charge is 0.530 e. The predicted molar refractivity (Wildman–Crippen MR) is 59.8 cm³/mol. The maximum Gasteiger partial charge on any atom is 0.136 e. The lowest BCUT2D eigenvalue weighted by atomic mass is 10.4. The Morgan fingerprint density at radius 1 is 1.40 bits per heavy atom. The Kier molecular flexibility index (Phi) is 5.04. The Bertz CT molecular complexity index is 303. The summed E-state index contributed by atoms with van der Waals surface area (Å²) < 4.78 is 0. The van der Waals surface area contributed by atoms with Crippen LogP contribution in [0.1, 0.15) is 6.92 Å². The zero-order valence-electron chi connectivity index (χ0n) is 8.68. The molecule has 0 atom stereocenters. The van der Waals surface area contributed by atoms with Gasteiger partial charge in [0.15, 0.2) is 0 Å². The van der Waals surface area contributed by atoms with Crippen molar-refractivity contribution in [2.45, 2.75) is 11.8 Å². The number of amides is 1. The third-order valence-corrected chi connectivity index (χ3v) is 3.01. The summed E-state index contributed by atoms with van der Waals surface area (Å²) in [7, 11) is 0. The topological polar surface area (TPSA) is 43.4 Å². The van der Waals surface area contributed by atoms with Crippen LogP contribution in [-0.4, -0.2) is 29.8 Å². The molecular weight excluding hydrogens is 210 g/mol. The first-order chi connectivity index (χ1) is 7.24. The summed E-state index contributed by atoms with van der Waals surface area (Å²) in [4.78, 5) is 13.0. The molecule has 0 spiro atoms. The second-order valence-electron chi connectivity index (χ2n) is 3.01. The van der Waals surface area contributed by atoms with Crippen LogP contribution in [0.15, 0.2) is 35.2 Å². The Hall–Kier alpha value is -1.16. The lowest BCUT2D eigenvalue weighted by molar-refractivity contribution is -0.265. The molecule has 0 aromatic heterocycles. The summed E-state index contributed by atoms with van der Waals surface area (Å²) in [5.74, 6) is 0.756. The first-order valence-corrected chi connectivity index (χ1v) is 5.86. The maximum absolute atomic E-state index is 10.6. The minimum absolute atomic E-state index is 0.484. The number of carbonyl (C=O) groups is 1. The molecular formula is C11H14NO2S-. The molecule has 0 aliphatic carbocycles. The van der Waals surface area contributed by atoms with Crippen molar-refractivity contribution in [3.05, 3.63) is 30.3 Å². The summed E-state index contributed by atoms with van der Waals surface area (Å²) in [6, 6.07) is 9.93. The van der Waals surface area contributed by atoms with Crippen molar-refractivity contribution in [2.24, 2.45) is 0 Å². The van der Waals surface area contributed by atoms with Crippen molar-refractivity contribution in [2.75, 3.05) is 18.8 Å². The van der Waals surface area contributed by atoms with Crippen molar-refractivity contribution < 1.29 is 9.90 Å². The highest BCUT2D eigenvalue weighted by molar-refractivity contribution is 7.99. The van der Waals surface area contributed by atoms with Gasteiger partial charge in [0.1, 0.15) is 6.09 Å². The number of hydrogen-bond acceptors (Lipinski definition) is 3. The molecule has 82 valence electrons. The molecule has 0 heterocycles. The maximum atomic E-state index is 10.6. The summed E-state index contributed by atoms with van der Waals surface area (Å²) >= 11 is 1.65. The van der Waals surface area contributed by atoms with Crippen LogP contribution in [0, 0.1) is 0 Å². The number of hydrogen-bond donors (Lipinski definition) is 0. The third kappa shape index (κ3) is 4.25. The monoisotopic (exact) mass is 224 g/mol. The van der Waals surface area contributed by atoms with Crippen LogP contribution in [0.3, 0.4) is 0 Å². The molecule has 1 rings (SSSR count). The van der Waals surface area contributed by atoms with E-state index in [1.807, 2.05) is 37.3 Å². The highest BCUT2D eigenvalue weighted by Crippen LogP contribution is 2.16. The van der Waals surface area contributed by atoms with Gasteiger partial charge in [-0.1, -0.05) is 18.2 Å². The van der Waals surface area contributed by atoms with Gasteiger partial charge in [-0.2, -0.15) is 0 Å². The van der Waals surface area contributed by atoms with E-state index in [4.69, 9.17) is 0 Å². The van der Waals surface area contributed by atoms with Crippen LogP contribution < -0.4 is 5.11 Å². The molecule has 0 saturated heterocycles. The summed E-state index contributed by atoms with van der Waals surface area (Å²) in [6.07, 6.45) is -1.09. The average molecular weight is 224 g/mol. The number of benzene rings is 1. The predicted octanol–water partition coefficient (Wildman–Crippen LogP) is 1.44. The highest BCUT2D eigenvalue weighted by atomic mass is 32.2. The lowest BCUT2D eigenvalue weighted by Crippen LogP contribution is -2.42. The number of thioether (sulfide) groups is 1. The van der Waals surface area contributed by atoms with Gasteiger partial charge in [0.05, 0.1) is 0 Å². The molecule has 0 aliphatic rings. The normalized spacial score (nSPS) is 9.93. The van der Waals surface area contributed by atoms with Crippen molar-refractivity contribution in [3.8, 4) is 0 Å². The second kappa shape index (κ2) is 6.35. The molecule has 0 radical (unpaired) electrons. The second-order valence-corrected chi connectivity index (χ2v) is 4.18. The van der Waals surface area contributed by atoms with Crippen LogP contribution in [0.4, 0.5) is 4.79 Å². The van der Waals surface area contributed by atoms with Crippen LogP contribution in [0.25, 0.3) is 0 Å². The van der Waals surface area contributed by atoms with E-state index in [9.17, 15) is 9.90 Å². The summed E-state index contributed by atoms with van der Waals surface area (Å²) in [5.41, 5.74) is 0. The lowest BCUT2D eigenvalue weighted by Gasteiger charge is -2.22. The Labute approximate surface area is 94.1 Å². The Morgan fingerprint density at radius 3 is 2.60 bits per heavy atom. The zero-order chi connectivity index (χ0) is 11.1. The Balaban J connectivity index is 2.30. The SMILES string of the molecule is CCN(CCSc1ccccc1)C(=O)[O-]. The van der Waals surface area contributed by atoms with Gasteiger partial charge in [-0.05, 0) is 19.1 Å². The van der Waals surface area contributed by atoms with Gasteiger partial charge in [0, 0.05) is 23.7 Å². The molecule has 0 unspecified atom stereocenters. The standard InChI is InChI=1S/C11H15NO2S/c1-2-12(11(13)14)8-9-15-10-6-4-3-5-7-10/h3-7H,2,8-9H2,1H3,(H,13,14)/p-1. The summed E-state index contributed by atoms with van der Waals surface area (Å²) in [6.45, 7) is 2.80. The minimum atomic E-state index is -1.09. The van der Waals surface area contributed by atoms with Crippen molar-refractivity contribution in [1.29, 1.82) is 0 Å². The minimum Gasteiger partial charge on any atom is -0.530 e. The van der Waals surface area contributed by atoms with E-state index in [1.54, 1.807) is 11.8 Å². The highest BCUT2D eigenvalue weighted by Gasteiger charge is 2.00. The van der Waals surface area contributed by atoms with Crippen molar-refractivity contribution >= 4 is 17.9 Å². The number of carbonyl (C=O) groups excluding carboxylic acids is 1. The first kappa shape index (κ1) is 11.9. The quantitative estimate of drug-likeness (QED) is 0.711. The molecule has 15 heavy (non-hydrogen) atoms. The van der Waals surface area contributed by atoms with Gasteiger partial charge in [-0.15, -0.1) is 11.8 Å². The number of rotatable bonds is 5. The fourth-order valence-corrected chi connectivity index (χ4v) is 2.07. The summed E-state index contributed by atoms with van der Waals surface area (Å²) in [5, 5.41) is 10.6. The molecule has 0 saturated carbocycles. The zero-order valence-corrected chi connectivity index (χ0v) is 9.50. The van der Waals surface area contributed by atoms with E-state index in [0.29, 0.717) is 13.1 Å². The van der Waals surface area contributed by atoms with Gasteiger partial charge in [-0.25, -0.2) is 0 Å². The fourth-order valence-electron chi connectivity index (χ4n) is 1.17. The Morgan fingerprint density at radius 2 is 2.07 bits per heavy atom. The molecule has 1 amide bonds. The van der Waals surface area contributed by atoms with Crippen LogP contribution in [-0.2, 0) is 0 Å². The molecule has 0 bridgehead atoms. The molecule has 1 aromatic carbocycles. The van der Waals surface area contributed by atoms with Gasteiger partial charge in [-0.3, -0.25) is 0 Å². The van der Waals surface area contributed by atoms with Crippen LogP contribution >= 0.6 is 11.8 Å². The van der Waals surface area contributed by atoms with Gasteiger partial charge < -0.3 is 14.8 Å². The van der Waals surface area contributed by atoms with Gasteiger partial charge in [0.2, 0.25) is 0 Å². The molecule has 4 heteroatoms. The number of carboxylic acid groups (broad SMARTS) is 1. The van der Waals surface area contributed by atoms with Crippen molar-refractivity contribution in [3.63, 3.8) is 0 Å². The smallest absolute Gasteiger partial charge is 0.136 e. The van der Waals surface area contributed by atoms with E-state index in [-0.39, 0.29) is 0 Å². The molecule has 0 aliphatic heterocycles.